The number of aromatic hydroxyl groups is 1. The molecule has 100 valence electrons. The molecule has 2 N–H and O–H groups in total. The smallest absolute Gasteiger partial charge is 0.124 e. The molecule has 0 aliphatic carbocycles. The minimum absolute atomic E-state index is 0.243. The molecule has 0 aromatic heterocycles. The van der Waals surface area contributed by atoms with Crippen molar-refractivity contribution in [3.05, 3.63) is 58.6 Å². The molecule has 0 unspecified atom stereocenters. The molecule has 0 aliphatic rings. The van der Waals surface area contributed by atoms with Crippen molar-refractivity contribution in [3.8, 4) is 11.5 Å². The molecule has 2 rings (SSSR count). The molecule has 0 spiro atoms. The van der Waals surface area contributed by atoms with Crippen molar-refractivity contribution < 1.29 is 9.84 Å². The van der Waals surface area contributed by atoms with Crippen LogP contribution < -0.4 is 10.1 Å². The van der Waals surface area contributed by atoms with Crippen LogP contribution in [0.1, 0.15) is 11.1 Å². The molecule has 0 radical (unpaired) electrons. The second-order valence-electron chi connectivity index (χ2n) is 4.24. The maximum Gasteiger partial charge on any atom is 0.124 e. The van der Waals surface area contributed by atoms with Crippen LogP contribution in [0, 0.1) is 0 Å². The van der Waals surface area contributed by atoms with E-state index in [9.17, 15) is 5.11 Å². The summed E-state index contributed by atoms with van der Waals surface area (Å²) in [5.74, 6) is 1.04. The van der Waals surface area contributed by atoms with Gasteiger partial charge in [0.25, 0.3) is 0 Å². The molecule has 0 heterocycles. The SMILES string of the molecule is CNCc1cc(Cl)ccc1OCc1cccc(O)c1. The van der Waals surface area contributed by atoms with E-state index < -0.39 is 0 Å². The van der Waals surface area contributed by atoms with Gasteiger partial charge in [-0.15, -0.1) is 0 Å². The zero-order chi connectivity index (χ0) is 13.7. The fourth-order valence-corrected chi connectivity index (χ4v) is 2.02. The molecular formula is C15H16ClNO2. The van der Waals surface area contributed by atoms with Crippen LogP contribution in [-0.2, 0) is 13.2 Å². The molecule has 19 heavy (non-hydrogen) atoms. The van der Waals surface area contributed by atoms with Crippen molar-refractivity contribution in [3.63, 3.8) is 0 Å². The van der Waals surface area contributed by atoms with Gasteiger partial charge in [0.05, 0.1) is 0 Å². The van der Waals surface area contributed by atoms with E-state index in [0.717, 1.165) is 16.9 Å². The van der Waals surface area contributed by atoms with Crippen molar-refractivity contribution >= 4 is 11.6 Å². The number of benzene rings is 2. The van der Waals surface area contributed by atoms with E-state index in [1.54, 1.807) is 24.3 Å². The van der Waals surface area contributed by atoms with Gasteiger partial charge in [-0.2, -0.15) is 0 Å². The van der Waals surface area contributed by atoms with Crippen LogP contribution in [0.3, 0.4) is 0 Å². The van der Waals surface area contributed by atoms with Crippen molar-refractivity contribution in [2.75, 3.05) is 7.05 Å². The van der Waals surface area contributed by atoms with Crippen molar-refractivity contribution in [1.29, 1.82) is 0 Å². The van der Waals surface area contributed by atoms with E-state index in [1.807, 2.05) is 25.2 Å². The quantitative estimate of drug-likeness (QED) is 0.881. The number of ether oxygens (including phenoxy) is 1. The first kappa shape index (κ1) is 13.7. The van der Waals surface area contributed by atoms with Gasteiger partial charge in [0, 0.05) is 17.1 Å². The third-order valence-electron chi connectivity index (χ3n) is 2.69. The minimum Gasteiger partial charge on any atom is -0.508 e. The molecule has 0 saturated heterocycles. The summed E-state index contributed by atoms with van der Waals surface area (Å²) in [6, 6.07) is 12.6. The molecular weight excluding hydrogens is 262 g/mol. The Kier molecular flexibility index (Phi) is 4.66. The van der Waals surface area contributed by atoms with E-state index in [0.29, 0.717) is 18.2 Å². The van der Waals surface area contributed by atoms with Gasteiger partial charge in [0.1, 0.15) is 18.1 Å². The van der Waals surface area contributed by atoms with Crippen LogP contribution in [0.15, 0.2) is 42.5 Å². The lowest BCUT2D eigenvalue weighted by atomic mass is 10.2. The molecule has 2 aromatic rings. The Labute approximate surface area is 117 Å². The molecule has 4 heteroatoms. The highest BCUT2D eigenvalue weighted by molar-refractivity contribution is 6.30. The third-order valence-corrected chi connectivity index (χ3v) is 2.93. The van der Waals surface area contributed by atoms with Crippen molar-refractivity contribution in [2.24, 2.45) is 0 Å². The van der Waals surface area contributed by atoms with Gasteiger partial charge < -0.3 is 15.2 Å². The van der Waals surface area contributed by atoms with Crippen LogP contribution in [0.2, 0.25) is 5.02 Å². The average molecular weight is 278 g/mol. The molecule has 3 nitrogen and oxygen atoms in total. The number of hydrogen-bond acceptors (Lipinski definition) is 3. The number of phenolic OH excluding ortho intramolecular Hbond substituents is 1. The summed E-state index contributed by atoms with van der Waals surface area (Å²) < 4.78 is 5.78. The Balaban J connectivity index is 2.10. The summed E-state index contributed by atoms with van der Waals surface area (Å²) in [4.78, 5) is 0. The second-order valence-corrected chi connectivity index (χ2v) is 4.68. The summed E-state index contributed by atoms with van der Waals surface area (Å²) in [5.41, 5.74) is 1.93. The number of phenols is 1. The monoisotopic (exact) mass is 277 g/mol. The number of hydrogen-bond donors (Lipinski definition) is 2. The van der Waals surface area contributed by atoms with E-state index in [1.165, 1.54) is 0 Å². The van der Waals surface area contributed by atoms with E-state index >= 15 is 0 Å². The highest BCUT2D eigenvalue weighted by Gasteiger charge is 2.05. The third kappa shape index (κ3) is 3.88. The molecule has 0 fully saturated rings. The van der Waals surface area contributed by atoms with Gasteiger partial charge in [0.15, 0.2) is 0 Å². The molecule has 2 aromatic carbocycles. The van der Waals surface area contributed by atoms with Crippen LogP contribution >= 0.6 is 11.6 Å². The Morgan fingerprint density at radius 1 is 1.21 bits per heavy atom. The molecule has 0 bridgehead atoms. The number of rotatable bonds is 5. The zero-order valence-corrected chi connectivity index (χ0v) is 11.4. The first-order chi connectivity index (χ1) is 9.19. The van der Waals surface area contributed by atoms with Gasteiger partial charge >= 0.3 is 0 Å². The fraction of sp³-hybridized carbons (Fsp3) is 0.200. The fourth-order valence-electron chi connectivity index (χ4n) is 1.82. The summed E-state index contributed by atoms with van der Waals surface area (Å²) in [6.45, 7) is 1.10. The normalized spacial score (nSPS) is 10.4. The molecule has 0 saturated carbocycles. The Morgan fingerprint density at radius 2 is 2.05 bits per heavy atom. The first-order valence-corrected chi connectivity index (χ1v) is 6.40. The number of nitrogens with one attached hydrogen (secondary N) is 1. The van der Waals surface area contributed by atoms with Crippen LogP contribution in [0.5, 0.6) is 11.5 Å². The average Bonchev–Trinajstić information content (AvgIpc) is 2.38. The van der Waals surface area contributed by atoms with Gasteiger partial charge in [-0.1, -0.05) is 23.7 Å². The Bertz CT molecular complexity index is 558. The predicted molar refractivity (Wildman–Crippen MR) is 76.7 cm³/mol. The molecule has 0 amide bonds. The van der Waals surface area contributed by atoms with Crippen molar-refractivity contribution in [1.82, 2.24) is 5.32 Å². The topological polar surface area (TPSA) is 41.5 Å². The van der Waals surface area contributed by atoms with Gasteiger partial charge in [-0.05, 0) is 42.9 Å². The van der Waals surface area contributed by atoms with Crippen LogP contribution in [0.25, 0.3) is 0 Å². The van der Waals surface area contributed by atoms with Crippen molar-refractivity contribution in [2.45, 2.75) is 13.2 Å². The van der Waals surface area contributed by atoms with Gasteiger partial charge in [-0.3, -0.25) is 0 Å². The van der Waals surface area contributed by atoms with Crippen LogP contribution in [-0.4, -0.2) is 12.2 Å². The Morgan fingerprint density at radius 3 is 2.79 bits per heavy atom. The maximum atomic E-state index is 9.40. The molecule has 0 aliphatic heterocycles. The standard InChI is InChI=1S/C15H16ClNO2/c1-17-9-12-8-13(16)5-6-15(12)19-10-11-3-2-4-14(18)7-11/h2-8,17-18H,9-10H2,1H3. The van der Waals surface area contributed by atoms with Gasteiger partial charge in [0.2, 0.25) is 0 Å². The lowest BCUT2D eigenvalue weighted by Gasteiger charge is -2.12. The zero-order valence-electron chi connectivity index (χ0n) is 10.7. The van der Waals surface area contributed by atoms with Gasteiger partial charge in [-0.25, -0.2) is 0 Å². The predicted octanol–water partition coefficient (Wildman–Crippen LogP) is 3.34. The summed E-state index contributed by atoms with van der Waals surface area (Å²) >= 11 is 5.97. The summed E-state index contributed by atoms with van der Waals surface area (Å²) in [6.07, 6.45) is 0. The van der Waals surface area contributed by atoms with Crippen LogP contribution in [0.4, 0.5) is 0 Å². The maximum absolute atomic E-state index is 9.40. The summed E-state index contributed by atoms with van der Waals surface area (Å²) in [5, 5.41) is 13.2. The highest BCUT2D eigenvalue weighted by Crippen LogP contribution is 2.24. The number of halogens is 1. The lowest BCUT2D eigenvalue weighted by Crippen LogP contribution is -2.07. The highest BCUT2D eigenvalue weighted by atomic mass is 35.5. The van der Waals surface area contributed by atoms with E-state index in [-0.39, 0.29) is 5.75 Å². The minimum atomic E-state index is 0.243. The first-order valence-electron chi connectivity index (χ1n) is 6.03. The van der Waals surface area contributed by atoms with E-state index in [4.69, 9.17) is 16.3 Å². The largest absolute Gasteiger partial charge is 0.508 e. The summed E-state index contributed by atoms with van der Waals surface area (Å²) in [7, 11) is 1.87. The molecule has 0 atom stereocenters. The second kappa shape index (κ2) is 6.45. The lowest BCUT2D eigenvalue weighted by molar-refractivity contribution is 0.301. The van der Waals surface area contributed by atoms with E-state index in [2.05, 4.69) is 5.32 Å². The Hall–Kier alpha value is -1.71.